The van der Waals surface area contributed by atoms with E-state index >= 15 is 0 Å². The van der Waals surface area contributed by atoms with Crippen LogP contribution in [0.15, 0.2) is 38.9 Å². The minimum absolute atomic E-state index is 0.116. The number of thioether (sulfide) groups is 1. The van der Waals surface area contributed by atoms with E-state index < -0.39 is 22.5 Å². The minimum atomic E-state index is -1.24. The number of nitrogens with zero attached hydrogens (tertiary/aromatic N) is 4. The van der Waals surface area contributed by atoms with Crippen molar-refractivity contribution in [2.24, 2.45) is 14.1 Å². The molecule has 1 atom stereocenters. The van der Waals surface area contributed by atoms with Crippen LogP contribution in [0, 0.1) is 6.92 Å². The summed E-state index contributed by atoms with van der Waals surface area (Å²) in [7, 11) is 2.88. The number of carbonyl (C=O) groups is 1. The molecule has 1 aromatic carbocycles. The van der Waals surface area contributed by atoms with Crippen molar-refractivity contribution in [1.29, 1.82) is 0 Å². The van der Waals surface area contributed by atoms with Crippen molar-refractivity contribution in [3.05, 3.63) is 50.7 Å². The summed E-state index contributed by atoms with van der Waals surface area (Å²) in [5, 5.41) is 10.9. The number of rotatable bonds is 5. The molecule has 0 amide bonds. The topological polar surface area (TPSA) is 110 Å². The van der Waals surface area contributed by atoms with Crippen LogP contribution in [0.4, 0.5) is 0 Å². The SMILES string of the molecule is CC[C@H](Sc1nc(-c2ccc(C)cc2)nc2c1c(=O)n(C)c(=O)n2C)C(=O)[O-]. The van der Waals surface area contributed by atoms with Gasteiger partial charge in [0.05, 0.1) is 11.2 Å². The third-order valence-electron chi connectivity index (χ3n) is 4.46. The lowest BCUT2D eigenvalue weighted by atomic mass is 10.1. The third-order valence-corrected chi connectivity index (χ3v) is 5.79. The Kier molecular flexibility index (Phi) is 5.37. The molecule has 0 aliphatic carbocycles. The second-order valence-electron chi connectivity index (χ2n) is 6.46. The zero-order valence-corrected chi connectivity index (χ0v) is 16.7. The van der Waals surface area contributed by atoms with Gasteiger partial charge in [0.15, 0.2) is 11.5 Å². The van der Waals surface area contributed by atoms with E-state index in [-0.39, 0.29) is 16.1 Å². The highest BCUT2D eigenvalue weighted by atomic mass is 32.2. The van der Waals surface area contributed by atoms with Gasteiger partial charge in [0, 0.05) is 19.7 Å². The molecule has 0 saturated carbocycles. The molecule has 2 heterocycles. The van der Waals surface area contributed by atoms with E-state index in [1.807, 2.05) is 31.2 Å². The van der Waals surface area contributed by atoms with Crippen LogP contribution in [0.25, 0.3) is 22.4 Å². The molecule has 0 bridgehead atoms. The van der Waals surface area contributed by atoms with Gasteiger partial charge >= 0.3 is 5.69 Å². The zero-order chi connectivity index (χ0) is 20.6. The predicted molar refractivity (Wildman–Crippen MR) is 105 cm³/mol. The molecule has 0 fully saturated rings. The number of aryl methyl sites for hydroxylation is 2. The molecular weight excluding hydrogens is 380 g/mol. The fourth-order valence-corrected chi connectivity index (χ4v) is 3.75. The van der Waals surface area contributed by atoms with Crippen LogP contribution >= 0.6 is 11.8 Å². The summed E-state index contributed by atoms with van der Waals surface area (Å²) in [5.74, 6) is -0.927. The Morgan fingerprint density at radius 3 is 2.36 bits per heavy atom. The van der Waals surface area contributed by atoms with Gasteiger partial charge in [-0.2, -0.15) is 0 Å². The maximum absolute atomic E-state index is 12.7. The summed E-state index contributed by atoms with van der Waals surface area (Å²) in [6.45, 7) is 3.66. The van der Waals surface area contributed by atoms with Gasteiger partial charge in [-0.3, -0.25) is 13.9 Å². The van der Waals surface area contributed by atoms with E-state index in [4.69, 9.17) is 0 Å². The molecule has 2 aromatic heterocycles. The molecule has 0 aliphatic heterocycles. The average Bonchev–Trinajstić information content (AvgIpc) is 2.68. The fraction of sp³-hybridized carbons (Fsp3) is 0.316. The van der Waals surface area contributed by atoms with E-state index in [1.54, 1.807) is 6.92 Å². The molecule has 0 spiro atoms. The van der Waals surface area contributed by atoms with E-state index in [2.05, 4.69) is 9.97 Å². The van der Waals surface area contributed by atoms with E-state index in [0.29, 0.717) is 17.8 Å². The Hall–Kier alpha value is -2.94. The lowest BCUT2D eigenvalue weighted by molar-refractivity contribution is -0.304. The first-order valence-electron chi connectivity index (χ1n) is 8.67. The summed E-state index contributed by atoms with van der Waals surface area (Å²) < 4.78 is 2.22. The predicted octanol–water partition coefficient (Wildman–Crippen LogP) is 0.623. The van der Waals surface area contributed by atoms with Crippen molar-refractivity contribution in [3.63, 3.8) is 0 Å². The van der Waals surface area contributed by atoms with Crippen molar-refractivity contribution in [2.75, 3.05) is 0 Å². The maximum Gasteiger partial charge on any atom is 0.332 e. The molecule has 0 saturated heterocycles. The third kappa shape index (κ3) is 3.45. The largest absolute Gasteiger partial charge is 0.549 e. The van der Waals surface area contributed by atoms with E-state index in [0.717, 1.165) is 21.9 Å². The molecule has 0 aliphatic rings. The first kappa shape index (κ1) is 19.8. The van der Waals surface area contributed by atoms with Crippen LogP contribution in [-0.2, 0) is 18.9 Å². The van der Waals surface area contributed by atoms with Gasteiger partial charge in [-0.25, -0.2) is 14.8 Å². The van der Waals surface area contributed by atoms with Crippen LogP contribution in [-0.4, -0.2) is 30.3 Å². The van der Waals surface area contributed by atoms with Gasteiger partial charge in [-0.15, -0.1) is 0 Å². The summed E-state index contributed by atoms with van der Waals surface area (Å²) in [5.41, 5.74) is 0.833. The van der Waals surface area contributed by atoms with Crippen molar-refractivity contribution < 1.29 is 9.90 Å². The van der Waals surface area contributed by atoms with Crippen molar-refractivity contribution in [2.45, 2.75) is 30.5 Å². The molecule has 0 radical (unpaired) electrons. The smallest absolute Gasteiger partial charge is 0.332 e. The number of carboxylic acids is 1. The lowest BCUT2D eigenvalue weighted by Gasteiger charge is -2.17. The van der Waals surface area contributed by atoms with Crippen LogP contribution in [0.5, 0.6) is 0 Å². The molecular formula is C19H19N4O4S-. The van der Waals surface area contributed by atoms with Gasteiger partial charge in [-0.1, -0.05) is 48.5 Å². The van der Waals surface area contributed by atoms with Crippen LogP contribution in [0.2, 0.25) is 0 Å². The maximum atomic E-state index is 12.7. The Morgan fingerprint density at radius 2 is 1.79 bits per heavy atom. The van der Waals surface area contributed by atoms with Gasteiger partial charge in [0.1, 0.15) is 10.4 Å². The van der Waals surface area contributed by atoms with Crippen LogP contribution in [0.3, 0.4) is 0 Å². The first-order valence-corrected chi connectivity index (χ1v) is 9.54. The Morgan fingerprint density at radius 1 is 1.14 bits per heavy atom. The fourth-order valence-electron chi connectivity index (χ4n) is 2.78. The average molecular weight is 399 g/mol. The molecule has 3 rings (SSSR count). The molecule has 9 heteroatoms. The number of hydrogen-bond donors (Lipinski definition) is 0. The highest BCUT2D eigenvalue weighted by Gasteiger charge is 2.21. The summed E-state index contributed by atoms with van der Waals surface area (Å²) in [6.07, 6.45) is 0.296. The summed E-state index contributed by atoms with van der Waals surface area (Å²) in [6, 6.07) is 7.46. The van der Waals surface area contributed by atoms with E-state index in [1.165, 1.54) is 18.7 Å². The quantitative estimate of drug-likeness (QED) is 0.457. The minimum Gasteiger partial charge on any atom is -0.549 e. The number of fused-ring (bicyclic) bond motifs is 1. The zero-order valence-electron chi connectivity index (χ0n) is 15.9. The normalized spacial score (nSPS) is 12.3. The van der Waals surface area contributed by atoms with Crippen LogP contribution in [0.1, 0.15) is 18.9 Å². The molecule has 3 aromatic rings. The number of carbonyl (C=O) groups excluding carboxylic acids is 1. The number of benzene rings is 1. The molecule has 146 valence electrons. The number of carboxylic acid groups (broad SMARTS) is 1. The highest BCUT2D eigenvalue weighted by molar-refractivity contribution is 8.00. The monoisotopic (exact) mass is 399 g/mol. The number of aliphatic carboxylic acids is 1. The Labute approximate surface area is 164 Å². The molecule has 28 heavy (non-hydrogen) atoms. The van der Waals surface area contributed by atoms with Gasteiger partial charge < -0.3 is 9.90 Å². The van der Waals surface area contributed by atoms with Crippen LogP contribution < -0.4 is 16.4 Å². The van der Waals surface area contributed by atoms with Gasteiger partial charge in [0.2, 0.25) is 0 Å². The lowest BCUT2D eigenvalue weighted by Crippen LogP contribution is -2.38. The van der Waals surface area contributed by atoms with Crippen molar-refractivity contribution >= 4 is 28.8 Å². The summed E-state index contributed by atoms with van der Waals surface area (Å²) in [4.78, 5) is 45.4. The Bertz CT molecular complexity index is 1180. The molecule has 0 unspecified atom stereocenters. The highest BCUT2D eigenvalue weighted by Crippen LogP contribution is 2.30. The number of aromatic nitrogens is 4. The van der Waals surface area contributed by atoms with Gasteiger partial charge in [0.25, 0.3) is 5.56 Å². The van der Waals surface area contributed by atoms with Crippen molar-refractivity contribution in [3.8, 4) is 11.4 Å². The second kappa shape index (κ2) is 7.59. The molecule has 8 nitrogen and oxygen atoms in total. The molecule has 0 N–H and O–H groups in total. The Balaban J connectivity index is 2.37. The first-order chi connectivity index (χ1) is 13.2. The number of hydrogen-bond acceptors (Lipinski definition) is 7. The summed E-state index contributed by atoms with van der Waals surface area (Å²) >= 11 is 0.934. The van der Waals surface area contributed by atoms with E-state index in [9.17, 15) is 19.5 Å². The van der Waals surface area contributed by atoms with Gasteiger partial charge in [-0.05, 0) is 13.3 Å². The second-order valence-corrected chi connectivity index (χ2v) is 7.65. The standard InChI is InChI=1S/C19H20N4O4S/c1-5-12(18(25)26)28-16-13-15(22(3)19(27)23(4)17(13)24)20-14(21-16)11-8-6-10(2)7-9-11/h6-9,12H,5H2,1-4H3,(H,25,26)/p-1/t12-/m0/s1. The van der Waals surface area contributed by atoms with Crippen molar-refractivity contribution in [1.82, 2.24) is 19.1 Å².